The van der Waals surface area contributed by atoms with Crippen LogP contribution in [-0.2, 0) is 27.5 Å². The lowest BCUT2D eigenvalue weighted by Gasteiger charge is -2.30. The third-order valence-electron chi connectivity index (χ3n) is 9.42. The van der Waals surface area contributed by atoms with Crippen LogP contribution >= 0.6 is 0 Å². The van der Waals surface area contributed by atoms with E-state index in [1.54, 1.807) is 30.3 Å². The third kappa shape index (κ3) is 6.87. The van der Waals surface area contributed by atoms with Crippen LogP contribution in [0.15, 0.2) is 52.9 Å². The van der Waals surface area contributed by atoms with Crippen molar-refractivity contribution in [1.82, 2.24) is 15.3 Å². The number of nitrogens with zero attached hydrogens (tertiary/aromatic N) is 3. The van der Waals surface area contributed by atoms with E-state index in [9.17, 15) is 17.6 Å². The predicted molar refractivity (Wildman–Crippen MR) is 182 cm³/mol. The molecule has 1 aromatic heterocycles. The minimum absolute atomic E-state index is 0.0741. The number of benzene rings is 2. The van der Waals surface area contributed by atoms with E-state index in [4.69, 9.17) is 9.97 Å². The fraction of sp³-hybridized carbons (Fsp3) is 0.417. The molecule has 8 nitrogen and oxygen atoms in total. The van der Waals surface area contributed by atoms with E-state index in [0.717, 1.165) is 89.9 Å². The van der Waals surface area contributed by atoms with Crippen LogP contribution in [0, 0.1) is 5.82 Å². The average Bonchev–Trinajstić information content (AvgIpc) is 3.26. The van der Waals surface area contributed by atoms with Gasteiger partial charge in [0, 0.05) is 38.0 Å². The molecule has 0 bridgehead atoms. The van der Waals surface area contributed by atoms with Crippen molar-refractivity contribution >= 4 is 44.7 Å². The van der Waals surface area contributed by atoms with E-state index in [0.29, 0.717) is 5.95 Å². The van der Waals surface area contributed by atoms with Crippen molar-refractivity contribution in [2.75, 3.05) is 30.6 Å². The Morgan fingerprint density at radius 1 is 0.978 bits per heavy atom. The molecule has 1 heterocycles. The van der Waals surface area contributed by atoms with Gasteiger partial charge in [0.1, 0.15) is 11.6 Å². The van der Waals surface area contributed by atoms with Crippen molar-refractivity contribution in [2.45, 2.75) is 81.7 Å². The Balaban J connectivity index is 1.11. The molecular formula is C36H42FN5O3S. The molecule has 2 aromatic carbocycles. The Morgan fingerprint density at radius 2 is 1.67 bits per heavy atom. The fourth-order valence-electron chi connectivity index (χ4n) is 6.97. The summed E-state index contributed by atoms with van der Waals surface area (Å²) in [6.07, 6.45) is 11.2. The van der Waals surface area contributed by atoms with Crippen LogP contribution in [0.25, 0.3) is 17.2 Å². The molecule has 3 aliphatic rings. The summed E-state index contributed by atoms with van der Waals surface area (Å²) in [6.45, 7) is 1.96. The van der Waals surface area contributed by atoms with E-state index in [1.165, 1.54) is 30.4 Å². The van der Waals surface area contributed by atoms with Gasteiger partial charge < -0.3 is 15.5 Å². The van der Waals surface area contributed by atoms with Crippen LogP contribution in [0.1, 0.15) is 79.8 Å². The number of anilines is 2. The Bertz CT molecular complexity index is 1820. The summed E-state index contributed by atoms with van der Waals surface area (Å²) in [5.41, 5.74) is 7.47. The zero-order valence-corrected chi connectivity index (χ0v) is 27.8. The number of sulfone groups is 1. The summed E-state index contributed by atoms with van der Waals surface area (Å²) < 4.78 is 38.2. The number of halogens is 1. The van der Waals surface area contributed by atoms with Crippen molar-refractivity contribution in [3.63, 3.8) is 0 Å². The SMILES string of the molecule is CC1=C(CC(=O)NC2CCC(Nc3nc4c(c(N(C)C)n3)CCCC4)CC2)c2cc(F)ccc2/C1=C/c1ccc(S(C)(=O)=O)cc1. The quantitative estimate of drug-likeness (QED) is 0.300. The summed E-state index contributed by atoms with van der Waals surface area (Å²) in [5, 5.41) is 6.81. The lowest BCUT2D eigenvalue weighted by Crippen LogP contribution is -2.40. The van der Waals surface area contributed by atoms with Gasteiger partial charge in [-0.2, -0.15) is 4.98 Å². The summed E-state index contributed by atoms with van der Waals surface area (Å²) in [4.78, 5) is 25.4. The number of nitrogens with one attached hydrogen (secondary N) is 2. The maximum absolute atomic E-state index is 14.4. The van der Waals surface area contributed by atoms with Crippen LogP contribution in [-0.4, -0.2) is 56.7 Å². The highest BCUT2D eigenvalue weighted by Crippen LogP contribution is 2.44. The molecule has 0 unspecified atom stereocenters. The van der Waals surface area contributed by atoms with Gasteiger partial charge >= 0.3 is 0 Å². The Morgan fingerprint density at radius 3 is 2.37 bits per heavy atom. The van der Waals surface area contributed by atoms with E-state index in [-0.39, 0.29) is 35.1 Å². The van der Waals surface area contributed by atoms with E-state index < -0.39 is 9.84 Å². The van der Waals surface area contributed by atoms with E-state index >= 15 is 0 Å². The van der Waals surface area contributed by atoms with Crippen LogP contribution < -0.4 is 15.5 Å². The molecule has 6 rings (SSSR count). The van der Waals surface area contributed by atoms with Crippen LogP contribution in [0.2, 0.25) is 0 Å². The maximum atomic E-state index is 14.4. The second-order valence-corrected chi connectivity index (χ2v) is 15.0. The predicted octanol–water partition coefficient (Wildman–Crippen LogP) is 6.22. The zero-order chi connectivity index (χ0) is 32.6. The molecule has 0 atom stereocenters. The molecule has 3 aliphatic carbocycles. The molecule has 0 spiro atoms. The van der Waals surface area contributed by atoms with Crippen molar-refractivity contribution in [3.05, 3.63) is 81.8 Å². The lowest BCUT2D eigenvalue weighted by molar-refractivity contribution is -0.121. The first kappa shape index (κ1) is 31.9. The Hall–Kier alpha value is -4.05. The van der Waals surface area contributed by atoms with Gasteiger partial charge in [0.25, 0.3) is 0 Å². The van der Waals surface area contributed by atoms with Crippen molar-refractivity contribution in [1.29, 1.82) is 0 Å². The van der Waals surface area contributed by atoms with Gasteiger partial charge in [-0.05, 0) is 122 Å². The lowest BCUT2D eigenvalue weighted by atomic mass is 9.91. The molecular weight excluding hydrogens is 601 g/mol. The van der Waals surface area contributed by atoms with Gasteiger partial charge in [0.15, 0.2) is 9.84 Å². The molecule has 242 valence electrons. The number of allylic oxidation sites excluding steroid dienone is 2. The molecule has 2 N–H and O–H groups in total. The Labute approximate surface area is 271 Å². The number of carbonyl (C=O) groups excluding carboxylic acids is 1. The second kappa shape index (κ2) is 13.0. The standard InChI is InChI=1S/C36H42FN5O3S/c1-22-30(19-23-9-16-27(17-10-23)46(4,44)45)28-18-11-24(37)20-32(28)31(22)21-34(43)38-25-12-14-26(15-13-25)39-36-40-33-8-6-5-7-29(33)35(41-36)42(2)3/h9-11,16-20,25-26H,5-8,12-15,21H2,1-4H3,(H,38,43)(H,39,40,41)/b30-19+. The molecule has 1 fully saturated rings. The molecule has 46 heavy (non-hydrogen) atoms. The van der Waals surface area contributed by atoms with Gasteiger partial charge in [-0.15, -0.1) is 0 Å². The highest BCUT2D eigenvalue weighted by atomic mass is 32.2. The largest absolute Gasteiger partial charge is 0.362 e. The topological polar surface area (TPSA) is 104 Å². The number of carbonyl (C=O) groups is 1. The summed E-state index contributed by atoms with van der Waals surface area (Å²) in [5.74, 6) is 1.28. The van der Waals surface area contributed by atoms with Gasteiger partial charge in [0.2, 0.25) is 11.9 Å². The van der Waals surface area contributed by atoms with Gasteiger partial charge in [-0.3, -0.25) is 4.79 Å². The number of fused-ring (bicyclic) bond motifs is 2. The first-order chi connectivity index (χ1) is 22.0. The number of rotatable bonds is 8. The van der Waals surface area contributed by atoms with Crippen molar-refractivity contribution in [3.8, 4) is 0 Å². The zero-order valence-electron chi connectivity index (χ0n) is 27.0. The van der Waals surface area contributed by atoms with Crippen molar-refractivity contribution < 1.29 is 17.6 Å². The molecule has 0 aliphatic heterocycles. The normalized spacial score (nSPS) is 20.3. The first-order valence-electron chi connectivity index (χ1n) is 16.1. The Kier molecular flexibility index (Phi) is 9.01. The fourth-order valence-corrected chi connectivity index (χ4v) is 7.60. The number of hydrogen-bond acceptors (Lipinski definition) is 7. The third-order valence-corrected chi connectivity index (χ3v) is 10.5. The smallest absolute Gasteiger partial charge is 0.225 e. The maximum Gasteiger partial charge on any atom is 0.225 e. The van der Waals surface area contributed by atoms with Crippen LogP contribution in [0.3, 0.4) is 0 Å². The van der Waals surface area contributed by atoms with Gasteiger partial charge in [-0.1, -0.05) is 18.2 Å². The highest BCUT2D eigenvalue weighted by Gasteiger charge is 2.28. The van der Waals surface area contributed by atoms with E-state index in [1.807, 2.05) is 27.1 Å². The molecule has 1 amide bonds. The average molecular weight is 644 g/mol. The number of aryl methyl sites for hydroxylation is 1. The number of amides is 1. The monoisotopic (exact) mass is 643 g/mol. The summed E-state index contributed by atoms with van der Waals surface area (Å²) in [6, 6.07) is 11.7. The molecule has 0 radical (unpaired) electrons. The molecule has 3 aromatic rings. The number of aromatic nitrogens is 2. The van der Waals surface area contributed by atoms with Gasteiger partial charge in [0.05, 0.1) is 17.0 Å². The van der Waals surface area contributed by atoms with E-state index in [2.05, 4.69) is 15.5 Å². The molecule has 0 saturated heterocycles. The molecule has 1 saturated carbocycles. The summed E-state index contributed by atoms with van der Waals surface area (Å²) >= 11 is 0. The second-order valence-electron chi connectivity index (χ2n) is 13.0. The minimum atomic E-state index is -3.30. The van der Waals surface area contributed by atoms with Gasteiger partial charge in [-0.25, -0.2) is 17.8 Å². The molecule has 10 heteroatoms. The number of hydrogen-bond donors (Lipinski definition) is 2. The summed E-state index contributed by atoms with van der Waals surface area (Å²) in [7, 11) is 0.769. The van der Waals surface area contributed by atoms with Crippen molar-refractivity contribution in [2.24, 2.45) is 0 Å². The van der Waals surface area contributed by atoms with Crippen LogP contribution in [0.5, 0.6) is 0 Å². The van der Waals surface area contributed by atoms with Crippen LogP contribution in [0.4, 0.5) is 16.2 Å². The minimum Gasteiger partial charge on any atom is -0.362 e. The first-order valence-corrected chi connectivity index (χ1v) is 18.0. The highest BCUT2D eigenvalue weighted by molar-refractivity contribution is 7.90.